The minimum Gasteiger partial charge on any atom is -0.376 e. The molecule has 5 heteroatoms. The number of allylic oxidation sites excluding steroid dienone is 4. The van der Waals surface area contributed by atoms with Crippen LogP contribution in [0.4, 0.5) is 0 Å². The number of thiocarbonyl (C=S) groups is 1. The van der Waals surface area contributed by atoms with E-state index in [4.69, 9.17) is 28.9 Å². The second-order valence-corrected chi connectivity index (χ2v) is 3.73. The molecule has 0 amide bonds. The van der Waals surface area contributed by atoms with Crippen molar-refractivity contribution in [3.05, 3.63) is 22.9 Å². The van der Waals surface area contributed by atoms with Crippen molar-refractivity contribution in [3.63, 3.8) is 0 Å². The molecule has 0 aliphatic heterocycles. The lowest BCUT2D eigenvalue weighted by molar-refractivity contribution is 0.896. The molecule has 0 radical (unpaired) electrons. The van der Waals surface area contributed by atoms with Crippen LogP contribution in [0, 0.1) is 0 Å². The van der Waals surface area contributed by atoms with Crippen molar-refractivity contribution in [1.82, 2.24) is 5.32 Å². The van der Waals surface area contributed by atoms with E-state index in [-0.39, 0.29) is 10.5 Å². The standard InChI is InChI=1S/C7H8Cl2N2S/c8-4-2-1-3-5(9)6(4)11-7(10)12/h1-2,5H,3H2,(H3,10,11,12). The molecule has 2 nitrogen and oxygen atoms in total. The molecular weight excluding hydrogens is 215 g/mol. The van der Waals surface area contributed by atoms with Gasteiger partial charge >= 0.3 is 0 Å². The van der Waals surface area contributed by atoms with Gasteiger partial charge in [-0.3, -0.25) is 0 Å². The molecule has 0 aromatic heterocycles. The highest BCUT2D eigenvalue weighted by molar-refractivity contribution is 7.80. The van der Waals surface area contributed by atoms with Gasteiger partial charge in [-0.2, -0.15) is 0 Å². The van der Waals surface area contributed by atoms with E-state index >= 15 is 0 Å². The molecule has 0 saturated carbocycles. The van der Waals surface area contributed by atoms with Crippen molar-refractivity contribution in [3.8, 4) is 0 Å². The van der Waals surface area contributed by atoms with Crippen LogP contribution in [0.1, 0.15) is 6.42 Å². The van der Waals surface area contributed by atoms with E-state index < -0.39 is 0 Å². The summed E-state index contributed by atoms with van der Waals surface area (Å²) in [6.45, 7) is 0. The number of nitrogens with two attached hydrogens (primary N) is 1. The van der Waals surface area contributed by atoms with Crippen molar-refractivity contribution >= 4 is 40.5 Å². The maximum Gasteiger partial charge on any atom is 0.167 e. The van der Waals surface area contributed by atoms with Gasteiger partial charge in [-0.05, 0) is 24.7 Å². The maximum atomic E-state index is 5.95. The van der Waals surface area contributed by atoms with Crippen LogP contribution in [0.5, 0.6) is 0 Å². The molecule has 0 spiro atoms. The molecule has 1 aliphatic rings. The third kappa shape index (κ3) is 2.37. The van der Waals surface area contributed by atoms with Crippen LogP contribution in [0.25, 0.3) is 0 Å². The average molecular weight is 223 g/mol. The van der Waals surface area contributed by atoms with Gasteiger partial charge in [-0.15, -0.1) is 11.6 Å². The zero-order valence-corrected chi connectivity index (χ0v) is 8.51. The molecular formula is C7H8Cl2N2S. The lowest BCUT2D eigenvalue weighted by atomic mass is 10.1. The summed E-state index contributed by atoms with van der Waals surface area (Å²) in [5, 5.41) is 3.34. The molecule has 0 bridgehead atoms. The number of nitrogens with one attached hydrogen (secondary N) is 1. The minimum absolute atomic E-state index is 0.163. The van der Waals surface area contributed by atoms with Gasteiger partial charge in [0, 0.05) is 0 Å². The molecule has 66 valence electrons. The largest absolute Gasteiger partial charge is 0.376 e. The molecule has 12 heavy (non-hydrogen) atoms. The molecule has 1 atom stereocenters. The van der Waals surface area contributed by atoms with Gasteiger partial charge in [-0.1, -0.05) is 17.7 Å². The first-order valence-corrected chi connectivity index (χ1v) is 4.60. The van der Waals surface area contributed by atoms with Crippen LogP contribution < -0.4 is 11.1 Å². The predicted octanol–water partition coefficient (Wildman–Crippen LogP) is 1.84. The highest BCUT2D eigenvalue weighted by Gasteiger charge is 2.16. The van der Waals surface area contributed by atoms with Crippen LogP contribution in [-0.2, 0) is 0 Å². The number of hydrogen-bond acceptors (Lipinski definition) is 1. The van der Waals surface area contributed by atoms with E-state index in [1.165, 1.54) is 0 Å². The molecule has 3 N–H and O–H groups in total. The van der Waals surface area contributed by atoms with E-state index in [0.29, 0.717) is 10.7 Å². The topological polar surface area (TPSA) is 38.0 Å². The second-order valence-electron chi connectivity index (χ2n) is 2.36. The normalized spacial score (nSPS) is 22.7. The number of hydrogen-bond donors (Lipinski definition) is 2. The first-order valence-electron chi connectivity index (χ1n) is 3.38. The Morgan fingerprint density at radius 1 is 1.75 bits per heavy atom. The van der Waals surface area contributed by atoms with Gasteiger partial charge in [-0.25, -0.2) is 0 Å². The third-order valence-electron chi connectivity index (χ3n) is 1.44. The van der Waals surface area contributed by atoms with E-state index in [9.17, 15) is 0 Å². The molecule has 0 aromatic rings. The molecule has 1 rings (SSSR count). The second kappa shape index (κ2) is 4.12. The predicted molar refractivity (Wildman–Crippen MR) is 56.2 cm³/mol. The van der Waals surface area contributed by atoms with Crippen LogP contribution in [0.2, 0.25) is 0 Å². The van der Waals surface area contributed by atoms with E-state index in [0.717, 1.165) is 6.42 Å². The van der Waals surface area contributed by atoms with Crippen LogP contribution in [-0.4, -0.2) is 10.5 Å². The summed E-state index contributed by atoms with van der Waals surface area (Å²) in [6, 6.07) is 0. The summed E-state index contributed by atoms with van der Waals surface area (Å²) < 4.78 is 0. The van der Waals surface area contributed by atoms with Crippen molar-refractivity contribution < 1.29 is 0 Å². The summed E-state index contributed by atoms with van der Waals surface area (Å²) in [5.74, 6) is 0. The Labute approximate surface area is 86.4 Å². The van der Waals surface area contributed by atoms with E-state index in [1.807, 2.05) is 6.08 Å². The number of alkyl halides is 1. The lowest BCUT2D eigenvalue weighted by Crippen LogP contribution is -2.33. The summed E-state index contributed by atoms with van der Waals surface area (Å²) in [6.07, 6.45) is 4.43. The van der Waals surface area contributed by atoms with E-state index in [2.05, 4.69) is 17.5 Å². The van der Waals surface area contributed by atoms with Gasteiger partial charge in [0.25, 0.3) is 0 Å². The molecule has 0 aromatic carbocycles. The molecule has 1 unspecified atom stereocenters. The Hall–Kier alpha value is -0.250. The first kappa shape index (κ1) is 9.84. The number of rotatable bonds is 1. The van der Waals surface area contributed by atoms with Crippen LogP contribution in [0.15, 0.2) is 22.9 Å². The van der Waals surface area contributed by atoms with Crippen molar-refractivity contribution in [2.24, 2.45) is 5.73 Å². The first-order chi connectivity index (χ1) is 5.61. The summed E-state index contributed by atoms with van der Waals surface area (Å²) in [7, 11) is 0. The molecule has 0 saturated heterocycles. The molecule has 0 fully saturated rings. The number of halogens is 2. The third-order valence-corrected chi connectivity index (χ3v) is 2.26. The highest BCUT2D eigenvalue weighted by Crippen LogP contribution is 2.24. The monoisotopic (exact) mass is 222 g/mol. The van der Waals surface area contributed by atoms with Gasteiger partial charge in [0.1, 0.15) is 0 Å². The maximum absolute atomic E-state index is 5.95. The van der Waals surface area contributed by atoms with E-state index in [1.54, 1.807) is 6.08 Å². The SMILES string of the molecule is NC(=S)NC1=C(Cl)C=CCC1Cl. The Morgan fingerprint density at radius 3 is 2.92 bits per heavy atom. The van der Waals surface area contributed by atoms with Crippen LogP contribution in [0.3, 0.4) is 0 Å². The fourth-order valence-corrected chi connectivity index (χ4v) is 1.63. The summed E-state index contributed by atoms with van der Waals surface area (Å²) in [4.78, 5) is 0. The Balaban J connectivity index is 2.81. The Morgan fingerprint density at radius 2 is 2.42 bits per heavy atom. The smallest absolute Gasteiger partial charge is 0.167 e. The fraction of sp³-hybridized carbons (Fsp3) is 0.286. The lowest BCUT2D eigenvalue weighted by Gasteiger charge is -2.18. The van der Waals surface area contributed by atoms with Crippen molar-refractivity contribution in [1.29, 1.82) is 0 Å². The molecule has 0 heterocycles. The quantitative estimate of drug-likeness (QED) is 0.526. The van der Waals surface area contributed by atoms with Crippen molar-refractivity contribution in [2.45, 2.75) is 11.8 Å². The Bertz CT molecular complexity index is 260. The highest BCUT2D eigenvalue weighted by atomic mass is 35.5. The molecule has 1 aliphatic carbocycles. The Kier molecular flexibility index (Phi) is 3.38. The summed E-state index contributed by atoms with van der Waals surface area (Å²) >= 11 is 16.5. The van der Waals surface area contributed by atoms with Gasteiger partial charge in [0.2, 0.25) is 0 Å². The average Bonchev–Trinajstić information content (AvgIpc) is 1.97. The van der Waals surface area contributed by atoms with Crippen molar-refractivity contribution in [2.75, 3.05) is 0 Å². The summed E-state index contributed by atoms with van der Waals surface area (Å²) in [5.41, 5.74) is 5.98. The van der Waals surface area contributed by atoms with Gasteiger partial charge in [0.15, 0.2) is 5.11 Å². The van der Waals surface area contributed by atoms with Gasteiger partial charge in [0.05, 0.1) is 16.1 Å². The zero-order chi connectivity index (χ0) is 9.14. The van der Waals surface area contributed by atoms with Crippen LogP contribution >= 0.6 is 35.4 Å². The van der Waals surface area contributed by atoms with Gasteiger partial charge < -0.3 is 11.1 Å². The zero-order valence-electron chi connectivity index (χ0n) is 6.18. The minimum atomic E-state index is -0.163. The fourth-order valence-electron chi connectivity index (χ4n) is 0.919.